The summed E-state index contributed by atoms with van der Waals surface area (Å²) in [4.78, 5) is 0. The highest BCUT2D eigenvalue weighted by molar-refractivity contribution is 7.92. The zero-order valence-corrected chi connectivity index (χ0v) is 12.6. The Bertz CT molecular complexity index is 662. The third-order valence-electron chi connectivity index (χ3n) is 4.85. The second kappa shape index (κ2) is 4.96. The minimum absolute atomic E-state index is 0.154. The molecular formula is C15H17F3O3S. The van der Waals surface area contributed by atoms with E-state index in [9.17, 15) is 26.7 Å². The zero-order valence-electron chi connectivity index (χ0n) is 11.8. The first-order chi connectivity index (χ1) is 10.1. The van der Waals surface area contributed by atoms with Gasteiger partial charge in [0.1, 0.15) is 0 Å². The van der Waals surface area contributed by atoms with E-state index in [1.807, 2.05) is 0 Å². The molecule has 22 heavy (non-hydrogen) atoms. The lowest BCUT2D eigenvalue weighted by Crippen LogP contribution is -2.50. The van der Waals surface area contributed by atoms with Crippen molar-refractivity contribution in [2.45, 2.75) is 54.4 Å². The van der Waals surface area contributed by atoms with Gasteiger partial charge in [-0.1, -0.05) is 24.6 Å². The van der Waals surface area contributed by atoms with Crippen LogP contribution < -0.4 is 0 Å². The molecule has 2 fully saturated rings. The van der Waals surface area contributed by atoms with Crippen molar-refractivity contribution in [1.29, 1.82) is 0 Å². The second-order valence-corrected chi connectivity index (χ2v) is 8.76. The number of halogens is 3. The number of rotatable bonds is 1. The molecular weight excluding hydrogens is 317 g/mol. The topological polar surface area (TPSA) is 54.4 Å². The quantitative estimate of drug-likeness (QED) is 0.859. The van der Waals surface area contributed by atoms with Gasteiger partial charge in [-0.2, -0.15) is 13.2 Å². The summed E-state index contributed by atoms with van der Waals surface area (Å²) < 4.78 is 64.1. The summed E-state index contributed by atoms with van der Waals surface area (Å²) in [6.45, 7) is 0. The van der Waals surface area contributed by atoms with E-state index in [1.54, 1.807) is 0 Å². The molecule has 2 unspecified atom stereocenters. The Labute approximate surface area is 127 Å². The highest BCUT2D eigenvalue weighted by atomic mass is 32.2. The number of benzene rings is 1. The fourth-order valence-electron chi connectivity index (χ4n) is 3.80. The van der Waals surface area contributed by atoms with E-state index < -0.39 is 37.7 Å². The highest BCUT2D eigenvalue weighted by Crippen LogP contribution is 2.48. The molecule has 0 spiro atoms. The number of fused-ring (bicyclic) bond motifs is 2. The normalized spacial score (nSPS) is 34.4. The van der Waals surface area contributed by atoms with E-state index in [0.29, 0.717) is 12.8 Å². The smallest absolute Gasteiger partial charge is 0.385 e. The van der Waals surface area contributed by atoms with Gasteiger partial charge in [0.2, 0.25) is 0 Å². The van der Waals surface area contributed by atoms with E-state index in [2.05, 4.69) is 0 Å². The summed E-state index contributed by atoms with van der Waals surface area (Å²) in [5, 5.41) is 9.37. The van der Waals surface area contributed by atoms with Crippen LogP contribution in [0, 0.1) is 0 Å². The minimum atomic E-state index is -4.57. The van der Waals surface area contributed by atoms with Gasteiger partial charge in [-0.25, -0.2) is 8.42 Å². The van der Waals surface area contributed by atoms with Crippen molar-refractivity contribution in [3.05, 3.63) is 35.4 Å². The number of sulfone groups is 1. The van der Waals surface area contributed by atoms with Gasteiger partial charge in [-0.05, 0) is 37.3 Å². The molecule has 1 aromatic rings. The molecule has 2 saturated heterocycles. The third kappa shape index (κ3) is 2.44. The van der Waals surface area contributed by atoms with Gasteiger partial charge in [0, 0.05) is 0 Å². The average molecular weight is 334 g/mol. The largest absolute Gasteiger partial charge is 0.416 e. The van der Waals surface area contributed by atoms with E-state index in [0.717, 1.165) is 12.5 Å². The van der Waals surface area contributed by atoms with E-state index in [1.165, 1.54) is 18.2 Å². The van der Waals surface area contributed by atoms with Crippen LogP contribution in [0.15, 0.2) is 24.3 Å². The molecule has 2 bridgehead atoms. The van der Waals surface area contributed by atoms with Crippen LogP contribution in [-0.4, -0.2) is 24.0 Å². The van der Waals surface area contributed by atoms with E-state index in [4.69, 9.17) is 0 Å². The number of alkyl halides is 3. The van der Waals surface area contributed by atoms with Crippen LogP contribution in [0.3, 0.4) is 0 Å². The third-order valence-corrected chi connectivity index (χ3v) is 7.51. The highest BCUT2D eigenvalue weighted by Gasteiger charge is 2.52. The SMILES string of the molecule is O=S1(=O)C2CCCC1CC(O)(c1ccccc1C(F)(F)F)C2. The lowest BCUT2D eigenvalue weighted by molar-refractivity contribution is -0.141. The van der Waals surface area contributed by atoms with Crippen LogP contribution in [0.5, 0.6) is 0 Å². The molecule has 2 heterocycles. The maximum atomic E-state index is 13.2. The molecule has 0 saturated carbocycles. The predicted octanol–water partition coefficient (Wildman–Crippen LogP) is 3.02. The lowest BCUT2D eigenvalue weighted by atomic mass is 9.78. The van der Waals surface area contributed by atoms with Crippen LogP contribution >= 0.6 is 0 Å². The number of hydrogen-bond acceptors (Lipinski definition) is 3. The van der Waals surface area contributed by atoms with Crippen LogP contribution in [0.1, 0.15) is 43.2 Å². The Kier molecular flexibility index (Phi) is 3.56. The molecule has 0 aromatic heterocycles. The Morgan fingerprint density at radius 3 is 2.18 bits per heavy atom. The molecule has 2 aliphatic heterocycles. The lowest BCUT2D eigenvalue weighted by Gasteiger charge is -2.44. The molecule has 7 heteroatoms. The van der Waals surface area contributed by atoms with Crippen LogP contribution in [0.2, 0.25) is 0 Å². The van der Waals surface area contributed by atoms with Crippen LogP contribution in [0.25, 0.3) is 0 Å². The molecule has 122 valence electrons. The Morgan fingerprint density at radius 1 is 1.09 bits per heavy atom. The van der Waals surface area contributed by atoms with Gasteiger partial charge in [-0.3, -0.25) is 0 Å². The Hall–Kier alpha value is -1.08. The maximum absolute atomic E-state index is 13.2. The standard InChI is InChI=1S/C15H17F3O3S/c16-15(17,18)13-7-2-1-6-12(13)14(19)8-10-4-3-5-11(9-14)22(10,20)21/h1-2,6-7,10-11,19H,3-5,8-9H2. The molecule has 3 rings (SSSR count). The number of aliphatic hydroxyl groups is 1. The van der Waals surface area contributed by atoms with Crippen molar-refractivity contribution in [3.63, 3.8) is 0 Å². The fraction of sp³-hybridized carbons (Fsp3) is 0.600. The first-order valence-electron chi connectivity index (χ1n) is 7.26. The fourth-order valence-corrected chi connectivity index (χ4v) is 6.35. The van der Waals surface area contributed by atoms with Gasteiger partial charge >= 0.3 is 6.18 Å². The van der Waals surface area contributed by atoms with Crippen molar-refractivity contribution in [2.75, 3.05) is 0 Å². The first-order valence-corrected chi connectivity index (χ1v) is 8.87. The molecule has 2 atom stereocenters. The summed E-state index contributed by atoms with van der Waals surface area (Å²) in [7, 11) is -3.33. The van der Waals surface area contributed by atoms with Crippen molar-refractivity contribution >= 4 is 9.84 Å². The van der Waals surface area contributed by atoms with Gasteiger partial charge < -0.3 is 5.11 Å². The summed E-state index contributed by atoms with van der Waals surface area (Å²) in [6, 6.07) is 4.92. The van der Waals surface area contributed by atoms with Crippen LogP contribution in [0.4, 0.5) is 13.2 Å². The average Bonchev–Trinajstić information content (AvgIpc) is 2.40. The first kappa shape index (κ1) is 15.8. The van der Waals surface area contributed by atoms with E-state index in [-0.39, 0.29) is 18.4 Å². The predicted molar refractivity (Wildman–Crippen MR) is 74.9 cm³/mol. The Morgan fingerprint density at radius 2 is 1.64 bits per heavy atom. The van der Waals surface area contributed by atoms with Crippen molar-refractivity contribution < 1.29 is 26.7 Å². The van der Waals surface area contributed by atoms with Crippen molar-refractivity contribution in [2.24, 2.45) is 0 Å². The van der Waals surface area contributed by atoms with Gasteiger partial charge in [0.05, 0.1) is 21.7 Å². The molecule has 0 radical (unpaired) electrons. The van der Waals surface area contributed by atoms with Crippen LogP contribution in [-0.2, 0) is 21.6 Å². The Balaban J connectivity index is 2.06. The molecule has 3 nitrogen and oxygen atoms in total. The van der Waals surface area contributed by atoms with Crippen molar-refractivity contribution in [1.82, 2.24) is 0 Å². The summed E-state index contributed by atoms with van der Waals surface area (Å²) in [6.07, 6.45) is -3.31. The minimum Gasteiger partial charge on any atom is -0.385 e. The molecule has 0 amide bonds. The van der Waals surface area contributed by atoms with Gasteiger partial charge in [-0.15, -0.1) is 0 Å². The second-order valence-electron chi connectivity index (χ2n) is 6.25. The summed E-state index contributed by atoms with van der Waals surface area (Å²) in [5.41, 5.74) is -2.81. The van der Waals surface area contributed by atoms with Gasteiger partial charge in [0.25, 0.3) is 0 Å². The summed E-state index contributed by atoms with van der Waals surface area (Å²) >= 11 is 0. The molecule has 1 aromatic carbocycles. The molecule has 0 aliphatic carbocycles. The number of hydrogen-bond donors (Lipinski definition) is 1. The monoisotopic (exact) mass is 334 g/mol. The molecule has 1 N–H and O–H groups in total. The zero-order chi connectivity index (χ0) is 16.2. The van der Waals surface area contributed by atoms with E-state index >= 15 is 0 Å². The van der Waals surface area contributed by atoms with Gasteiger partial charge in [0.15, 0.2) is 9.84 Å². The van der Waals surface area contributed by atoms with Crippen molar-refractivity contribution in [3.8, 4) is 0 Å². The molecule has 2 aliphatic rings. The summed E-state index contributed by atoms with van der Waals surface area (Å²) in [5.74, 6) is 0. The maximum Gasteiger partial charge on any atom is 0.416 e.